The molecule has 2 aromatic rings. The fraction of sp³-hybridized carbons (Fsp3) is 0.381. The van der Waals surface area contributed by atoms with Crippen LogP contribution in [-0.4, -0.2) is 31.1 Å². The number of hydrogen-bond acceptors (Lipinski definition) is 3. The zero-order valence-electron chi connectivity index (χ0n) is 15.4. The maximum atomic E-state index is 13.7. The molecule has 1 unspecified atom stereocenters. The summed E-state index contributed by atoms with van der Waals surface area (Å²) in [5.41, 5.74) is 1.26. The summed E-state index contributed by atoms with van der Waals surface area (Å²) in [7, 11) is 3.11. The maximum absolute atomic E-state index is 13.7. The van der Waals surface area contributed by atoms with Crippen molar-refractivity contribution in [3.05, 3.63) is 59.4 Å². The predicted molar refractivity (Wildman–Crippen MR) is 98.0 cm³/mol. The number of methoxy groups -OCH3 is 2. The molecule has 0 aromatic heterocycles. The first-order valence-corrected chi connectivity index (χ1v) is 8.81. The van der Waals surface area contributed by atoms with Gasteiger partial charge in [0.1, 0.15) is 17.3 Å². The van der Waals surface area contributed by atoms with Gasteiger partial charge in [0.05, 0.1) is 19.8 Å². The Bertz CT molecular complexity index is 771. The van der Waals surface area contributed by atoms with E-state index in [0.29, 0.717) is 18.2 Å². The van der Waals surface area contributed by atoms with Crippen molar-refractivity contribution in [1.29, 1.82) is 0 Å². The lowest BCUT2D eigenvalue weighted by molar-refractivity contribution is 0.0650. The van der Waals surface area contributed by atoms with Gasteiger partial charge in [-0.3, -0.25) is 4.79 Å². The van der Waals surface area contributed by atoms with Gasteiger partial charge in [0.25, 0.3) is 5.91 Å². The number of nitrogens with zero attached hydrogens (tertiary/aromatic N) is 1. The molecule has 138 valence electrons. The van der Waals surface area contributed by atoms with Crippen LogP contribution in [-0.2, 0) is 6.54 Å². The first-order valence-electron chi connectivity index (χ1n) is 8.81. The second-order valence-corrected chi connectivity index (χ2v) is 6.70. The van der Waals surface area contributed by atoms with E-state index in [0.717, 1.165) is 24.2 Å². The number of carbonyl (C=O) groups excluding carboxylic acids is 1. The summed E-state index contributed by atoms with van der Waals surface area (Å²) in [6.45, 7) is 2.52. The van der Waals surface area contributed by atoms with Gasteiger partial charge in [0.15, 0.2) is 0 Å². The first kappa shape index (κ1) is 18.2. The lowest BCUT2D eigenvalue weighted by atomic mass is 10.1. The standard InChI is InChI=1S/C21H24FNO3/c1-14(16-6-7-16)23(13-15-4-9-18(25-2)10-5-15)21(24)19-12-17(22)8-11-20(19)26-3/h4-5,8-12,14,16H,6-7,13H2,1-3H3. The molecule has 0 saturated heterocycles. The lowest BCUT2D eigenvalue weighted by Gasteiger charge is -2.30. The summed E-state index contributed by atoms with van der Waals surface area (Å²) in [5, 5.41) is 0. The summed E-state index contributed by atoms with van der Waals surface area (Å²) in [4.78, 5) is 15.0. The van der Waals surface area contributed by atoms with E-state index < -0.39 is 5.82 Å². The molecular weight excluding hydrogens is 333 g/mol. The monoisotopic (exact) mass is 357 g/mol. The van der Waals surface area contributed by atoms with E-state index in [-0.39, 0.29) is 17.5 Å². The van der Waals surface area contributed by atoms with Crippen molar-refractivity contribution in [2.75, 3.05) is 14.2 Å². The zero-order valence-corrected chi connectivity index (χ0v) is 15.4. The van der Waals surface area contributed by atoms with Gasteiger partial charge in [-0.25, -0.2) is 4.39 Å². The normalized spacial score (nSPS) is 14.6. The quantitative estimate of drug-likeness (QED) is 0.742. The molecule has 3 rings (SSSR count). The van der Waals surface area contributed by atoms with E-state index in [2.05, 4.69) is 6.92 Å². The summed E-state index contributed by atoms with van der Waals surface area (Å²) in [6, 6.07) is 11.8. The van der Waals surface area contributed by atoms with Crippen LogP contribution >= 0.6 is 0 Å². The zero-order chi connectivity index (χ0) is 18.7. The predicted octanol–water partition coefficient (Wildman–Crippen LogP) is 4.28. The number of rotatable bonds is 7. The molecule has 26 heavy (non-hydrogen) atoms. The van der Waals surface area contributed by atoms with E-state index >= 15 is 0 Å². The summed E-state index contributed by atoms with van der Waals surface area (Å²) in [5.74, 6) is 0.999. The minimum Gasteiger partial charge on any atom is -0.497 e. The van der Waals surface area contributed by atoms with Crippen molar-refractivity contribution < 1.29 is 18.7 Å². The molecule has 0 spiro atoms. The number of carbonyl (C=O) groups is 1. The highest BCUT2D eigenvalue weighted by molar-refractivity contribution is 5.97. The molecule has 1 aliphatic carbocycles. The smallest absolute Gasteiger partial charge is 0.258 e. The number of amides is 1. The number of benzene rings is 2. The molecule has 5 heteroatoms. The van der Waals surface area contributed by atoms with Crippen molar-refractivity contribution in [3.63, 3.8) is 0 Å². The molecular formula is C21H24FNO3. The molecule has 0 aliphatic heterocycles. The number of hydrogen-bond donors (Lipinski definition) is 0. The second-order valence-electron chi connectivity index (χ2n) is 6.70. The van der Waals surface area contributed by atoms with Gasteiger partial charge in [-0.15, -0.1) is 0 Å². The first-order chi connectivity index (χ1) is 12.5. The van der Waals surface area contributed by atoms with Crippen molar-refractivity contribution in [2.45, 2.75) is 32.4 Å². The molecule has 0 N–H and O–H groups in total. The van der Waals surface area contributed by atoms with Crippen LogP contribution in [0.2, 0.25) is 0 Å². The molecule has 1 fully saturated rings. The van der Waals surface area contributed by atoms with E-state index in [1.165, 1.54) is 25.3 Å². The van der Waals surface area contributed by atoms with E-state index in [4.69, 9.17) is 9.47 Å². The van der Waals surface area contributed by atoms with E-state index in [1.54, 1.807) is 7.11 Å². The highest BCUT2D eigenvalue weighted by Crippen LogP contribution is 2.37. The topological polar surface area (TPSA) is 38.8 Å². The molecule has 4 nitrogen and oxygen atoms in total. The number of halogens is 1. The van der Waals surface area contributed by atoms with Gasteiger partial charge in [0, 0.05) is 12.6 Å². The van der Waals surface area contributed by atoms with Gasteiger partial charge in [0.2, 0.25) is 0 Å². The average molecular weight is 357 g/mol. The Morgan fingerprint density at radius 1 is 1.15 bits per heavy atom. The van der Waals surface area contributed by atoms with E-state index in [9.17, 15) is 9.18 Å². The SMILES string of the molecule is COc1ccc(CN(C(=O)c2cc(F)ccc2OC)C(C)C2CC2)cc1. The Balaban J connectivity index is 1.90. The highest BCUT2D eigenvalue weighted by Gasteiger charge is 2.35. The van der Waals surface area contributed by atoms with Crippen molar-refractivity contribution in [2.24, 2.45) is 5.92 Å². The van der Waals surface area contributed by atoms with Gasteiger partial charge >= 0.3 is 0 Å². The molecule has 0 radical (unpaired) electrons. The molecule has 2 aromatic carbocycles. The van der Waals surface area contributed by atoms with Crippen LogP contribution < -0.4 is 9.47 Å². The van der Waals surface area contributed by atoms with Crippen LogP contribution in [0.3, 0.4) is 0 Å². The van der Waals surface area contributed by atoms with Crippen molar-refractivity contribution in [1.82, 2.24) is 4.90 Å². The fourth-order valence-corrected chi connectivity index (χ4v) is 3.16. The minimum atomic E-state index is -0.447. The number of ether oxygens (including phenoxy) is 2. The van der Waals surface area contributed by atoms with Gasteiger partial charge in [-0.05, 0) is 61.6 Å². The third kappa shape index (κ3) is 3.98. The molecule has 1 aliphatic rings. The fourth-order valence-electron chi connectivity index (χ4n) is 3.16. The molecule has 1 saturated carbocycles. The van der Waals surface area contributed by atoms with Crippen LogP contribution in [0.4, 0.5) is 4.39 Å². The van der Waals surface area contributed by atoms with Crippen LogP contribution in [0.1, 0.15) is 35.7 Å². The third-order valence-corrected chi connectivity index (χ3v) is 4.96. The lowest BCUT2D eigenvalue weighted by Crippen LogP contribution is -2.39. The summed E-state index contributed by atoms with van der Waals surface area (Å²) in [6.07, 6.45) is 2.24. The van der Waals surface area contributed by atoms with Gasteiger partial charge in [-0.1, -0.05) is 12.1 Å². The summed E-state index contributed by atoms with van der Waals surface area (Å²) >= 11 is 0. The van der Waals surface area contributed by atoms with Gasteiger partial charge in [-0.2, -0.15) is 0 Å². The Morgan fingerprint density at radius 3 is 2.42 bits per heavy atom. The second kappa shape index (κ2) is 7.77. The van der Waals surface area contributed by atoms with Gasteiger partial charge < -0.3 is 14.4 Å². The Hall–Kier alpha value is -2.56. The maximum Gasteiger partial charge on any atom is 0.258 e. The Kier molecular flexibility index (Phi) is 5.45. The summed E-state index contributed by atoms with van der Waals surface area (Å²) < 4.78 is 24.2. The highest BCUT2D eigenvalue weighted by atomic mass is 19.1. The largest absolute Gasteiger partial charge is 0.497 e. The Morgan fingerprint density at radius 2 is 1.85 bits per heavy atom. The van der Waals surface area contributed by atoms with Crippen LogP contribution in [0.15, 0.2) is 42.5 Å². The van der Waals surface area contributed by atoms with Crippen LogP contribution in [0, 0.1) is 11.7 Å². The molecule has 0 heterocycles. The molecule has 0 bridgehead atoms. The van der Waals surface area contributed by atoms with Crippen molar-refractivity contribution >= 4 is 5.91 Å². The third-order valence-electron chi connectivity index (χ3n) is 4.96. The van der Waals surface area contributed by atoms with Crippen LogP contribution in [0.25, 0.3) is 0 Å². The minimum absolute atomic E-state index is 0.0811. The average Bonchev–Trinajstić information content (AvgIpc) is 3.50. The van der Waals surface area contributed by atoms with Crippen molar-refractivity contribution in [3.8, 4) is 11.5 Å². The molecule has 1 atom stereocenters. The molecule has 1 amide bonds. The van der Waals surface area contributed by atoms with Crippen LogP contribution in [0.5, 0.6) is 11.5 Å². The van der Waals surface area contributed by atoms with E-state index in [1.807, 2.05) is 29.2 Å². The Labute approximate surface area is 153 Å².